The van der Waals surface area contributed by atoms with E-state index in [4.69, 9.17) is 5.73 Å². The highest BCUT2D eigenvalue weighted by molar-refractivity contribution is 5.91. The first-order chi connectivity index (χ1) is 7.65. The zero-order valence-corrected chi connectivity index (χ0v) is 9.60. The third kappa shape index (κ3) is 3.38. The van der Waals surface area contributed by atoms with E-state index in [-0.39, 0.29) is 5.92 Å². The average Bonchev–Trinajstić information content (AvgIpc) is 2.30. The van der Waals surface area contributed by atoms with Crippen molar-refractivity contribution in [2.24, 2.45) is 10.8 Å². The Balaban J connectivity index is 2.81. The van der Waals surface area contributed by atoms with Crippen molar-refractivity contribution < 1.29 is 4.79 Å². The van der Waals surface area contributed by atoms with Gasteiger partial charge in [0, 0.05) is 11.6 Å². The van der Waals surface area contributed by atoms with Crippen molar-refractivity contribution in [1.82, 2.24) is 5.43 Å². The van der Waals surface area contributed by atoms with Crippen LogP contribution in [0.1, 0.15) is 31.7 Å². The van der Waals surface area contributed by atoms with E-state index in [0.29, 0.717) is 0 Å². The van der Waals surface area contributed by atoms with Crippen LogP contribution in [0.4, 0.5) is 4.79 Å². The van der Waals surface area contributed by atoms with Crippen LogP contribution in [0.5, 0.6) is 0 Å². The fraction of sp³-hybridized carbons (Fsp3) is 0.333. The van der Waals surface area contributed by atoms with Crippen LogP contribution >= 0.6 is 0 Å². The highest BCUT2D eigenvalue weighted by atomic mass is 16.2. The van der Waals surface area contributed by atoms with Crippen LogP contribution in [0.3, 0.4) is 0 Å². The molecule has 3 N–H and O–H groups in total. The van der Waals surface area contributed by atoms with Gasteiger partial charge in [-0.2, -0.15) is 5.10 Å². The van der Waals surface area contributed by atoms with E-state index in [1.165, 1.54) is 5.56 Å². The van der Waals surface area contributed by atoms with E-state index in [1.807, 2.05) is 37.3 Å². The number of nitrogens with zero attached hydrogens (tertiary/aromatic N) is 1. The van der Waals surface area contributed by atoms with Crippen LogP contribution < -0.4 is 11.2 Å². The summed E-state index contributed by atoms with van der Waals surface area (Å²) < 4.78 is 0. The number of hydrogen-bond donors (Lipinski definition) is 2. The van der Waals surface area contributed by atoms with Crippen LogP contribution in [-0.4, -0.2) is 11.7 Å². The Morgan fingerprint density at radius 2 is 2.06 bits per heavy atom. The van der Waals surface area contributed by atoms with Gasteiger partial charge in [0.1, 0.15) is 0 Å². The number of carbonyl (C=O) groups excluding carboxylic acids is 1. The molecule has 0 aromatic heterocycles. The van der Waals surface area contributed by atoms with Crippen molar-refractivity contribution >= 4 is 11.7 Å². The molecule has 1 aromatic rings. The molecule has 1 rings (SSSR count). The maximum Gasteiger partial charge on any atom is 0.332 e. The average molecular weight is 219 g/mol. The van der Waals surface area contributed by atoms with Crippen LogP contribution in [0.2, 0.25) is 0 Å². The number of benzene rings is 1. The van der Waals surface area contributed by atoms with Crippen molar-refractivity contribution in [3.05, 3.63) is 35.9 Å². The van der Waals surface area contributed by atoms with Gasteiger partial charge in [-0.1, -0.05) is 44.2 Å². The molecule has 0 aliphatic carbocycles. The molecule has 0 saturated heterocycles. The smallest absolute Gasteiger partial charge is 0.332 e. The quantitative estimate of drug-likeness (QED) is 0.591. The first-order valence-electron chi connectivity index (χ1n) is 5.32. The van der Waals surface area contributed by atoms with Crippen LogP contribution in [0.25, 0.3) is 0 Å². The summed E-state index contributed by atoms with van der Waals surface area (Å²) in [6, 6.07) is 9.40. The molecule has 1 atom stereocenters. The first-order valence-corrected chi connectivity index (χ1v) is 5.32. The molecule has 16 heavy (non-hydrogen) atoms. The number of primary amides is 1. The number of nitrogens with one attached hydrogen (secondary N) is 1. The van der Waals surface area contributed by atoms with Crippen LogP contribution in [0, 0.1) is 0 Å². The summed E-state index contributed by atoms with van der Waals surface area (Å²) in [5.74, 6) is 0.179. The molecule has 1 aromatic carbocycles. The van der Waals surface area contributed by atoms with E-state index in [2.05, 4.69) is 17.5 Å². The normalized spacial score (nSPS) is 13.2. The number of nitrogens with two attached hydrogens (primary N) is 1. The Hall–Kier alpha value is -1.84. The van der Waals surface area contributed by atoms with Gasteiger partial charge in [-0.25, -0.2) is 10.2 Å². The molecule has 0 heterocycles. The fourth-order valence-corrected chi connectivity index (χ4v) is 1.54. The number of amides is 2. The number of urea groups is 1. The van der Waals surface area contributed by atoms with Crippen molar-refractivity contribution in [1.29, 1.82) is 0 Å². The summed E-state index contributed by atoms with van der Waals surface area (Å²) in [4.78, 5) is 10.6. The van der Waals surface area contributed by atoms with Crippen molar-refractivity contribution in [2.45, 2.75) is 26.2 Å². The minimum absolute atomic E-state index is 0.179. The zero-order valence-electron chi connectivity index (χ0n) is 9.60. The summed E-state index contributed by atoms with van der Waals surface area (Å²) in [7, 11) is 0. The third-order valence-electron chi connectivity index (χ3n) is 2.47. The Labute approximate surface area is 95.5 Å². The molecule has 4 nitrogen and oxygen atoms in total. The molecular formula is C12H17N3O. The summed E-state index contributed by atoms with van der Waals surface area (Å²) in [5.41, 5.74) is 9.33. The molecule has 0 aliphatic rings. The third-order valence-corrected chi connectivity index (χ3v) is 2.47. The van der Waals surface area contributed by atoms with Gasteiger partial charge in [-0.3, -0.25) is 0 Å². The van der Waals surface area contributed by atoms with Crippen molar-refractivity contribution in [3.63, 3.8) is 0 Å². The lowest BCUT2D eigenvalue weighted by atomic mass is 9.95. The second kappa shape index (κ2) is 5.90. The van der Waals surface area contributed by atoms with Gasteiger partial charge < -0.3 is 5.73 Å². The summed E-state index contributed by atoms with van der Waals surface area (Å²) in [6.07, 6.45) is 0.774. The highest BCUT2D eigenvalue weighted by Crippen LogP contribution is 2.17. The minimum atomic E-state index is -0.633. The second-order valence-corrected chi connectivity index (χ2v) is 3.57. The summed E-state index contributed by atoms with van der Waals surface area (Å²) in [5, 5.41) is 4.01. The molecule has 0 fully saturated rings. The predicted molar refractivity (Wildman–Crippen MR) is 65.3 cm³/mol. The van der Waals surface area contributed by atoms with Gasteiger partial charge in [0.25, 0.3) is 0 Å². The van der Waals surface area contributed by atoms with Crippen molar-refractivity contribution in [3.8, 4) is 0 Å². The molecule has 0 saturated carbocycles. The minimum Gasteiger partial charge on any atom is -0.350 e. The lowest BCUT2D eigenvalue weighted by Gasteiger charge is -2.13. The first kappa shape index (κ1) is 12.2. The molecule has 0 bridgehead atoms. The predicted octanol–water partition coefficient (Wildman–Crippen LogP) is 2.22. The monoisotopic (exact) mass is 219 g/mol. The molecule has 0 spiro atoms. The summed E-state index contributed by atoms with van der Waals surface area (Å²) >= 11 is 0. The highest BCUT2D eigenvalue weighted by Gasteiger charge is 2.11. The van der Waals surface area contributed by atoms with E-state index >= 15 is 0 Å². The molecule has 0 radical (unpaired) electrons. The molecular weight excluding hydrogens is 202 g/mol. The van der Waals surface area contributed by atoms with Gasteiger partial charge in [0.15, 0.2) is 0 Å². The molecule has 1 unspecified atom stereocenters. The Morgan fingerprint density at radius 3 is 2.56 bits per heavy atom. The van der Waals surface area contributed by atoms with E-state index < -0.39 is 6.03 Å². The molecule has 4 heteroatoms. The zero-order chi connectivity index (χ0) is 12.0. The Bertz CT molecular complexity index is 373. The van der Waals surface area contributed by atoms with E-state index in [1.54, 1.807) is 0 Å². The molecule has 2 amide bonds. The number of rotatable bonds is 4. The van der Waals surface area contributed by atoms with Crippen LogP contribution in [-0.2, 0) is 0 Å². The topological polar surface area (TPSA) is 67.5 Å². The van der Waals surface area contributed by atoms with Gasteiger partial charge >= 0.3 is 6.03 Å². The SMILES string of the molecule is CCC(=NNC(N)=O)C(C)c1ccccc1. The maximum atomic E-state index is 10.6. The second-order valence-electron chi connectivity index (χ2n) is 3.57. The van der Waals surface area contributed by atoms with Crippen LogP contribution in [0.15, 0.2) is 35.4 Å². The van der Waals surface area contributed by atoms with E-state index in [0.717, 1.165) is 12.1 Å². The number of carbonyl (C=O) groups is 1. The molecule has 0 aliphatic heterocycles. The van der Waals surface area contributed by atoms with E-state index in [9.17, 15) is 4.79 Å². The van der Waals surface area contributed by atoms with Gasteiger partial charge in [0.05, 0.1) is 0 Å². The lowest BCUT2D eigenvalue weighted by molar-refractivity contribution is 0.249. The Morgan fingerprint density at radius 1 is 1.44 bits per heavy atom. The maximum absolute atomic E-state index is 10.6. The lowest BCUT2D eigenvalue weighted by Crippen LogP contribution is -2.26. The van der Waals surface area contributed by atoms with Gasteiger partial charge in [0.2, 0.25) is 0 Å². The number of hydrazone groups is 1. The Kier molecular flexibility index (Phi) is 4.51. The summed E-state index contributed by atoms with van der Waals surface area (Å²) in [6.45, 7) is 4.06. The van der Waals surface area contributed by atoms with Gasteiger partial charge in [-0.15, -0.1) is 0 Å². The molecule has 86 valence electrons. The number of hydrogen-bond acceptors (Lipinski definition) is 2. The van der Waals surface area contributed by atoms with Gasteiger partial charge in [-0.05, 0) is 12.0 Å². The van der Waals surface area contributed by atoms with Crippen molar-refractivity contribution in [2.75, 3.05) is 0 Å². The standard InChI is InChI=1S/C12H17N3O/c1-3-11(14-15-12(13)16)9(2)10-7-5-4-6-8-10/h4-9H,3H2,1-2H3,(H3,13,15,16). The largest absolute Gasteiger partial charge is 0.350 e. The fourth-order valence-electron chi connectivity index (χ4n) is 1.54.